The van der Waals surface area contributed by atoms with Crippen LogP contribution in [0.3, 0.4) is 0 Å². The van der Waals surface area contributed by atoms with E-state index in [2.05, 4.69) is 20.6 Å². The van der Waals surface area contributed by atoms with Crippen molar-refractivity contribution in [3.05, 3.63) is 41.2 Å². The monoisotopic (exact) mass is 330 g/mol. The third kappa shape index (κ3) is 3.27. The zero-order valence-corrected chi connectivity index (χ0v) is 13.2. The average molecular weight is 330 g/mol. The number of benzene rings is 1. The molecule has 1 N–H and O–H groups in total. The predicted molar refractivity (Wildman–Crippen MR) is 83.7 cm³/mol. The second-order valence-electron chi connectivity index (χ2n) is 5.50. The van der Waals surface area contributed by atoms with Crippen LogP contribution in [0.15, 0.2) is 29.3 Å². The van der Waals surface area contributed by atoms with Crippen molar-refractivity contribution in [2.45, 2.75) is 32.5 Å². The maximum absolute atomic E-state index is 13.4. The maximum atomic E-state index is 13.4. The van der Waals surface area contributed by atoms with Gasteiger partial charge >= 0.3 is 0 Å². The second kappa shape index (κ2) is 6.77. The Morgan fingerprint density at radius 1 is 1.42 bits per heavy atom. The van der Waals surface area contributed by atoms with E-state index in [-0.39, 0.29) is 23.3 Å². The van der Waals surface area contributed by atoms with E-state index >= 15 is 0 Å². The molecule has 1 amide bonds. The minimum absolute atomic E-state index is 0.00876. The SMILES string of the molecule is CCN=C([O-])c1ccc(-n2nnc(C(=O)NC3CC3)c2CF)cc1. The van der Waals surface area contributed by atoms with Crippen LogP contribution in [0.5, 0.6) is 0 Å². The minimum atomic E-state index is -0.869. The highest BCUT2D eigenvalue weighted by molar-refractivity contribution is 5.94. The molecule has 1 aromatic heterocycles. The van der Waals surface area contributed by atoms with Gasteiger partial charge in [0.15, 0.2) is 5.69 Å². The Hall–Kier alpha value is -2.77. The Bertz CT molecular complexity index is 765. The van der Waals surface area contributed by atoms with Gasteiger partial charge in [-0.15, -0.1) is 5.10 Å². The van der Waals surface area contributed by atoms with Crippen LogP contribution in [0.25, 0.3) is 5.69 Å². The van der Waals surface area contributed by atoms with Crippen LogP contribution in [-0.2, 0) is 6.67 Å². The number of alkyl halides is 1. The normalized spacial score (nSPS) is 14.7. The first-order valence-electron chi connectivity index (χ1n) is 7.77. The molecule has 2 aromatic rings. The highest BCUT2D eigenvalue weighted by atomic mass is 19.1. The fraction of sp³-hybridized carbons (Fsp3) is 0.375. The topological polar surface area (TPSA) is 95.2 Å². The number of rotatable bonds is 6. The van der Waals surface area contributed by atoms with Gasteiger partial charge in [-0.3, -0.25) is 4.79 Å². The zero-order chi connectivity index (χ0) is 17.1. The third-order valence-electron chi connectivity index (χ3n) is 3.68. The molecule has 0 radical (unpaired) electrons. The molecule has 8 heteroatoms. The van der Waals surface area contributed by atoms with E-state index in [0.29, 0.717) is 17.8 Å². The summed E-state index contributed by atoms with van der Waals surface area (Å²) >= 11 is 0. The summed E-state index contributed by atoms with van der Waals surface area (Å²) in [5, 5.41) is 22.2. The molecule has 3 rings (SSSR count). The van der Waals surface area contributed by atoms with Gasteiger partial charge in [-0.1, -0.05) is 17.3 Å². The Kier molecular flexibility index (Phi) is 4.54. The minimum Gasteiger partial charge on any atom is -0.858 e. The number of hydrogen-bond acceptors (Lipinski definition) is 5. The van der Waals surface area contributed by atoms with Gasteiger partial charge in [0.1, 0.15) is 12.4 Å². The number of halogens is 1. The Labute approximate surface area is 138 Å². The van der Waals surface area contributed by atoms with E-state index in [9.17, 15) is 14.3 Å². The summed E-state index contributed by atoms with van der Waals surface area (Å²) in [6.07, 6.45) is 1.87. The second-order valence-corrected chi connectivity index (χ2v) is 5.50. The lowest BCUT2D eigenvalue weighted by molar-refractivity contribution is -0.213. The van der Waals surface area contributed by atoms with Crippen molar-refractivity contribution in [2.75, 3.05) is 6.54 Å². The zero-order valence-electron chi connectivity index (χ0n) is 13.2. The Morgan fingerprint density at radius 3 is 2.71 bits per heavy atom. The number of aliphatic imine (C=N–C) groups is 1. The summed E-state index contributed by atoms with van der Waals surface area (Å²) in [7, 11) is 0. The van der Waals surface area contributed by atoms with Gasteiger partial charge in [-0.2, -0.15) is 0 Å². The lowest BCUT2D eigenvalue weighted by Gasteiger charge is -2.11. The van der Waals surface area contributed by atoms with Crippen LogP contribution in [-0.4, -0.2) is 39.4 Å². The van der Waals surface area contributed by atoms with E-state index in [1.54, 1.807) is 31.2 Å². The fourth-order valence-electron chi connectivity index (χ4n) is 2.27. The highest BCUT2D eigenvalue weighted by Crippen LogP contribution is 2.20. The van der Waals surface area contributed by atoms with E-state index < -0.39 is 12.6 Å². The molecule has 0 unspecified atom stereocenters. The lowest BCUT2D eigenvalue weighted by atomic mass is 10.2. The molecule has 1 heterocycles. The molecule has 1 fully saturated rings. The Morgan fingerprint density at radius 2 is 2.12 bits per heavy atom. The highest BCUT2D eigenvalue weighted by Gasteiger charge is 2.27. The van der Waals surface area contributed by atoms with E-state index in [1.807, 2.05) is 0 Å². The number of carbonyl (C=O) groups excluding carboxylic acids is 1. The maximum Gasteiger partial charge on any atom is 0.274 e. The van der Waals surface area contributed by atoms with Crippen LogP contribution in [0.1, 0.15) is 41.5 Å². The van der Waals surface area contributed by atoms with Gasteiger partial charge in [0.2, 0.25) is 0 Å². The molecule has 0 saturated heterocycles. The Balaban J connectivity index is 1.87. The molecule has 1 saturated carbocycles. The number of hydrogen-bond donors (Lipinski definition) is 1. The quantitative estimate of drug-likeness (QED) is 0.625. The average Bonchev–Trinajstić information content (AvgIpc) is 3.29. The van der Waals surface area contributed by atoms with Crippen LogP contribution < -0.4 is 10.4 Å². The van der Waals surface area contributed by atoms with Crippen molar-refractivity contribution >= 4 is 11.8 Å². The van der Waals surface area contributed by atoms with E-state index in [0.717, 1.165) is 12.8 Å². The molecule has 1 aliphatic carbocycles. The van der Waals surface area contributed by atoms with Crippen LogP contribution in [0.2, 0.25) is 0 Å². The first-order chi connectivity index (χ1) is 11.6. The molecular weight excluding hydrogens is 313 g/mol. The van der Waals surface area contributed by atoms with Crippen LogP contribution in [0.4, 0.5) is 4.39 Å². The molecule has 0 atom stereocenters. The number of carbonyl (C=O) groups is 1. The van der Waals surface area contributed by atoms with Gasteiger partial charge in [0.05, 0.1) is 5.69 Å². The molecule has 0 aliphatic heterocycles. The summed E-state index contributed by atoms with van der Waals surface area (Å²) < 4.78 is 14.7. The van der Waals surface area contributed by atoms with Crippen LogP contribution >= 0.6 is 0 Å². The molecule has 24 heavy (non-hydrogen) atoms. The van der Waals surface area contributed by atoms with E-state index in [1.165, 1.54) is 4.68 Å². The van der Waals surface area contributed by atoms with Crippen molar-refractivity contribution in [3.63, 3.8) is 0 Å². The molecule has 0 spiro atoms. The van der Waals surface area contributed by atoms with Gasteiger partial charge in [-0.25, -0.2) is 9.07 Å². The summed E-state index contributed by atoms with van der Waals surface area (Å²) in [4.78, 5) is 15.9. The third-order valence-corrected chi connectivity index (χ3v) is 3.68. The predicted octanol–water partition coefficient (Wildman–Crippen LogP) is 0.756. The summed E-state index contributed by atoms with van der Waals surface area (Å²) in [6.45, 7) is 1.32. The van der Waals surface area contributed by atoms with Crippen molar-refractivity contribution in [2.24, 2.45) is 4.99 Å². The first kappa shape index (κ1) is 16.1. The van der Waals surface area contributed by atoms with Gasteiger partial charge in [0, 0.05) is 12.6 Å². The van der Waals surface area contributed by atoms with Gasteiger partial charge in [0.25, 0.3) is 5.91 Å². The molecular formula is C16H17FN5O2-. The number of aromatic nitrogens is 3. The van der Waals surface area contributed by atoms with Crippen molar-refractivity contribution in [1.82, 2.24) is 20.3 Å². The van der Waals surface area contributed by atoms with Crippen molar-refractivity contribution in [1.29, 1.82) is 0 Å². The van der Waals surface area contributed by atoms with Crippen molar-refractivity contribution < 1.29 is 14.3 Å². The van der Waals surface area contributed by atoms with Crippen LogP contribution in [0, 0.1) is 0 Å². The molecule has 1 aliphatic rings. The summed E-state index contributed by atoms with van der Waals surface area (Å²) in [6, 6.07) is 6.57. The summed E-state index contributed by atoms with van der Waals surface area (Å²) in [5.74, 6) is -0.720. The molecule has 0 bridgehead atoms. The van der Waals surface area contributed by atoms with Crippen molar-refractivity contribution in [3.8, 4) is 5.69 Å². The lowest BCUT2D eigenvalue weighted by Crippen LogP contribution is -2.26. The summed E-state index contributed by atoms with van der Waals surface area (Å²) in [5.41, 5.74) is 1.04. The largest absolute Gasteiger partial charge is 0.858 e. The fourth-order valence-corrected chi connectivity index (χ4v) is 2.27. The van der Waals surface area contributed by atoms with Gasteiger partial charge in [-0.05, 0) is 43.4 Å². The smallest absolute Gasteiger partial charge is 0.274 e. The number of nitrogens with zero attached hydrogens (tertiary/aromatic N) is 4. The van der Waals surface area contributed by atoms with E-state index in [4.69, 9.17) is 0 Å². The number of amides is 1. The molecule has 126 valence electrons. The van der Waals surface area contributed by atoms with Gasteiger partial charge < -0.3 is 15.4 Å². The first-order valence-corrected chi connectivity index (χ1v) is 7.77. The molecule has 1 aromatic carbocycles. The number of nitrogens with one attached hydrogen (secondary N) is 1. The molecule has 7 nitrogen and oxygen atoms in total. The standard InChI is InChI=1S/C16H18FN5O2/c1-2-18-15(23)10-3-7-12(8-4-10)22-13(9-17)14(20-21-22)16(24)19-11-5-6-11/h3-4,7-8,11H,2,5-6,9H2,1H3,(H,18,23)(H,19,24)/p-1.